The summed E-state index contributed by atoms with van der Waals surface area (Å²) in [4.78, 5) is 4.51. The number of nitrogens with zero attached hydrogens (tertiary/aromatic N) is 1. The Morgan fingerprint density at radius 1 is 1.38 bits per heavy atom. The van der Waals surface area contributed by atoms with Crippen LogP contribution in [0.25, 0.3) is 0 Å². The fourth-order valence-electron chi connectivity index (χ4n) is 1.66. The Morgan fingerprint density at radius 3 is 2.88 bits per heavy atom. The summed E-state index contributed by atoms with van der Waals surface area (Å²) in [5.74, 6) is 0.846. The fraction of sp³-hybridized carbons (Fsp3) is 0.417. The average molecular weight is 258 g/mol. The van der Waals surface area contributed by atoms with Gasteiger partial charge in [-0.3, -0.25) is 0 Å². The van der Waals surface area contributed by atoms with Crippen molar-refractivity contribution in [2.45, 2.75) is 25.8 Å². The summed E-state index contributed by atoms with van der Waals surface area (Å²) < 4.78 is 5.50. The van der Waals surface area contributed by atoms with Crippen molar-refractivity contribution >= 4 is 29.1 Å². The van der Waals surface area contributed by atoms with Gasteiger partial charge < -0.3 is 4.74 Å². The number of rotatable bonds is 3. The van der Waals surface area contributed by atoms with Crippen LogP contribution in [0.15, 0.2) is 23.2 Å². The van der Waals surface area contributed by atoms with Gasteiger partial charge in [0.15, 0.2) is 5.90 Å². The highest BCUT2D eigenvalue weighted by Crippen LogP contribution is 2.29. The van der Waals surface area contributed by atoms with Gasteiger partial charge in [0.2, 0.25) is 0 Å². The third kappa shape index (κ3) is 2.50. The minimum Gasteiger partial charge on any atom is -0.478 e. The second-order valence-electron chi connectivity index (χ2n) is 3.77. The van der Waals surface area contributed by atoms with Crippen LogP contribution in [0, 0.1) is 0 Å². The Balaban J connectivity index is 2.16. The third-order valence-corrected chi connectivity index (χ3v) is 3.24. The van der Waals surface area contributed by atoms with Crippen molar-refractivity contribution in [3.63, 3.8) is 0 Å². The second-order valence-corrected chi connectivity index (χ2v) is 4.59. The van der Waals surface area contributed by atoms with E-state index in [9.17, 15) is 0 Å². The van der Waals surface area contributed by atoms with E-state index in [1.165, 1.54) is 0 Å². The number of halogens is 2. The van der Waals surface area contributed by atoms with Gasteiger partial charge in [-0.25, -0.2) is 4.99 Å². The molecule has 1 aromatic rings. The molecule has 0 radical (unpaired) electrons. The Kier molecular flexibility index (Phi) is 3.72. The van der Waals surface area contributed by atoms with E-state index < -0.39 is 0 Å². The lowest BCUT2D eigenvalue weighted by molar-refractivity contribution is 0.311. The largest absolute Gasteiger partial charge is 0.478 e. The van der Waals surface area contributed by atoms with Crippen LogP contribution in [0.2, 0.25) is 10.0 Å². The molecule has 1 atom stereocenters. The molecule has 2 nitrogen and oxygen atoms in total. The summed E-state index contributed by atoms with van der Waals surface area (Å²) in [6.45, 7) is 2.71. The molecule has 4 heteroatoms. The highest BCUT2D eigenvalue weighted by Gasteiger charge is 2.20. The molecule has 0 spiro atoms. The first-order chi connectivity index (χ1) is 7.70. The number of hydrogen-bond donors (Lipinski definition) is 0. The third-order valence-electron chi connectivity index (χ3n) is 2.50. The zero-order valence-corrected chi connectivity index (χ0v) is 10.6. The van der Waals surface area contributed by atoms with Crippen molar-refractivity contribution < 1.29 is 4.74 Å². The molecule has 0 amide bonds. The highest BCUT2D eigenvalue weighted by molar-refractivity contribution is 6.42. The minimum atomic E-state index is 0.0660. The maximum atomic E-state index is 5.97. The molecule has 0 fully saturated rings. The summed E-state index contributed by atoms with van der Waals surface area (Å²) in [5.41, 5.74) is 1.06. The van der Waals surface area contributed by atoms with Gasteiger partial charge in [0, 0.05) is 6.42 Å². The lowest BCUT2D eigenvalue weighted by Crippen LogP contribution is -1.99. The Hall–Kier alpha value is -0.730. The van der Waals surface area contributed by atoms with Gasteiger partial charge in [0.1, 0.15) is 12.6 Å². The first kappa shape index (κ1) is 11.7. The first-order valence-corrected chi connectivity index (χ1v) is 6.10. The van der Waals surface area contributed by atoms with Crippen molar-refractivity contribution in [2.24, 2.45) is 4.99 Å². The first-order valence-electron chi connectivity index (χ1n) is 5.35. The number of benzene rings is 1. The summed E-state index contributed by atoms with van der Waals surface area (Å²) in [6.07, 6.45) is 1.95. The van der Waals surface area contributed by atoms with Crippen LogP contribution >= 0.6 is 23.2 Å². The van der Waals surface area contributed by atoms with E-state index in [0.29, 0.717) is 16.7 Å². The zero-order chi connectivity index (χ0) is 11.5. The predicted molar refractivity (Wildman–Crippen MR) is 67.5 cm³/mol. The molecule has 1 aromatic carbocycles. The van der Waals surface area contributed by atoms with Gasteiger partial charge in [0.25, 0.3) is 0 Å². The van der Waals surface area contributed by atoms with E-state index in [-0.39, 0.29) is 6.04 Å². The van der Waals surface area contributed by atoms with E-state index in [0.717, 1.165) is 24.3 Å². The van der Waals surface area contributed by atoms with Gasteiger partial charge in [-0.1, -0.05) is 36.2 Å². The molecule has 16 heavy (non-hydrogen) atoms. The number of ether oxygens (including phenoxy) is 1. The smallest absolute Gasteiger partial charge is 0.183 e. The maximum absolute atomic E-state index is 5.97. The van der Waals surface area contributed by atoms with Crippen LogP contribution in [-0.2, 0) is 4.74 Å². The minimum absolute atomic E-state index is 0.0660. The summed E-state index contributed by atoms with van der Waals surface area (Å²) in [5, 5.41) is 1.14. The fourth-order valence-corrected chi connectivity index (χ4v) is 1.97. The molecular formula is C12H13Cl2NO. The monoisotopic (exact) mass is 257 g/mol. The SMILES string of the molecule is CCCC1=NC(c2ccc(Cl)c(Cl)c2)CO1. The van der Waals surface area contributed by atoms with Crippen LogP contribution in [0.3, 0.4) is 0 Å². The molecule has 0 aromatic heterocycles. The molecule has 1 unspecified atom stereocenters. The van der Waals surface area contributed by atoms with Gasteiger partial charge in [0.05, 0.1) is 10.0 Å². The summed E-state index contributed by atoms with van der Waals surface area (Å²) >= 11 is 11.8. The quantitative estimate of drug-likeness (QED) is 0.793. The van der Waals surface area contributed by atoms with Crippen molar-refractivity contribution in [3.8, 4) is 0 Å². The average Bonchev–Trinajstić information content (AvgIpc) is 2.71. The van der Waals surface area contributed by atoms with Gasteiger partial charge >= 0.3 is 0 Å². The van der Waals surface area contributed by atoms with Crippen molar-refractivity contribution in [3.05, 3.63) is 33.8 Å². The molecule has 0 bridgehead atoms. The predicted octanol–water partition coefficient (Wildman–Crippen LogP) is 4.26. The number of aliphatic imine (C=N–C) groups is 1. The van der Waals surface area contributed by atoms with E-state index in [1.807, 2.05) is 12.1 Å². The van der Waals surface area contributed by atoms with Gasteiger partial charge in [-0.15, -0.1) is 0 Å². The van der Waals surface area contributed by atoms with E-state index >= 15 is 0 Å². The Labute approximate surface area is 105 Å². The molecule has 2 rings (SSSR count). The van der Waals surface area contributed by atoms with Crippen LogP contribution in [-0.4, -0.2) is 12.5 Å². The molecule has 0 N–H and O–H groups in total. The van der Waals surface area contributed by atoms with Gasteiger partial charge in [-0.2, -0.15) is 0 Å². The normalized spacial score (nSPS) is 19.4. The van der Waals surface area contributed by atoms with Crippen LogP contribution in [0.5, 0.6) is 0 Å². The van der Waals surface area contributed by atoms with Crippen LogP contribution < -0.4 is 0 Å². The lowest BCUT2D eigenvalue weighted by atomic mass is 10.1. The maximum Gasteiger partial charge on any atom is 0.183 e. The van der Waals surface area contributed by atoms with Gasteiger partial charge in [-0.05, 0) is 24.1 Å². The standard InChI is InChI=1S/C12H13Cl2NO/c1-2-3-12-15-11(7-16-12)8-4-5-9(13)10(14)6-8/h4-6,11H,2-3,7H2,1H3. The van der Waals surface area contributed by atoms with E-state index in [1.54, 1.807) is 6.07 Å². The summed E-state index contributed by atoms with van der Waals surface area (Å²) in [6, 6.07) is 5.67. The molecule has 1 heterocycles. The van der Waals surface area contributed by atoms with Crippen LogP contribution in [0.1, 0.15) is 31.4 Å². The summed E-state index contributed by atoms with van der Waals surface area (Å²) in [7, 11) is 0. The molecule has 86 valence electrons. The Morgan fingerprint density at radius 2 is 2.19 bits per heavy atom. The van der Waals surface area contributed by atoms with E-state index in [4.69, 9.17) is 27.9 Å². The van der Waals surface area contributed by atoms with Crippen molar-refractivity contribution in [2.75, 3.05) is 6.61 Å². The lowest BCUT2D eigenvalue weighted by Gasteiger charge is -2.06. The second kappa shape index (κ2) is 5.07. The van der Waals surface area contributed by atoms with Crippen LogP contribution in [0.4, 0.5) is 0 Å². The van der Waals surface area contributed by atoms with Crippen molar-refractivity contribution in [1.82, 2.24) is 0 Å². The van der Waals surface area contributed by atoms with E-state index in [2.05, 4.69) is 11.9 Å². The topological polar surface area (TPSA) is 21.6 Å². The molecule has 1 aliphatic rings. The van der Waals surface area contributed by atoms with Crippen molar-refractivity contribution in [1.29, 1.82) is 0 Å². The molecule has 1 aliphatic heterocycles. The molecular weight excluding hydrogens is 245 g/mol. The number of hydrogen-bond acceptors (Lipinski definition) is 2. The molecule has 0 saturated carbocycles. The highest BCUT2D eigenvalue weighted by atomic mass is 35.5. The zero-order valence-electron chi connectivity index (χ0n) is 9.04. The molecule has 0 saturated heterocycles. The molecule has 0 aliphatic carbocycles. The Bertz CT molecular complexity index is 417.